The van der Waals surface area contributed by atoms with E-state index in [-0.39, 0.29) is 5.75 Å². The molecule has 0 saturated heterocycles. The Hall–Kier alpha value is -2.81. The van der Waals surface area contributed by atoms with Gasteiger partial charge in [0.1, 0.15) is 11.9 Å². The zero-order valence-electron chi connectivity index (χ0n) is 16.9. The molecule has 0 bridgehead atoms. The minimum atomic E-state index is -2.87. The van der Waals surface area contributed by atoms with E-state index >= 15 is 0 Å². The molecule has 2 aromatic carbocycles. The van der Waals surface area contributed by atoms with Crippen molar-refractivity contribution >= 4 is 39.0 Å². The van der Waals surface area contributed by atoms with Crippen molar-refractivity contribution in [3.8, 4) is 0 Å². The molecule has 0 spiro atoms. The fraction of sp³-hybridized carbons (Fsp3) is 0.273. The maximum atomic E-state index is 11.4. The molecule has 0 saturated carbocycles. The number of carbonyl (C=O) groups is 1. The molecular weight excluding hydrogens is 402 g/mol. The molecule has 4 rings (SSSR count). The van der Waals surface area contributed by atoms with Crippen LogP contribution in [0.3, 0.4) is 0 Å². The van der Waals surface area contributed by atoms with E-state index in [0.717, 1.165) is 22.0 Å². The number of nitrogens with one attached hydrogen (secondary N) is 1. The number of hydrogen-bond donors (Lipinski definition) is 4. The van der Waals surface area contributed by atoms with Gasteiger partial charge in [0.05, 0.1) is 16.2 Å². The number of carboxylic acid groups (broad SMARTS) is 1. The van der Waals surface area contributed by atoms with E-state index in [0.29, 0.717) is 29.5 Å². The van der Waals surface area contributed by atoms with Crippen LogP contribution in [0.15, 0.2) is 53.4 Å². The molecule has 0 fully saturated rings. The molecular formula is C22H25N3O4S. The summed E-state index contributed by atoms with van der Waals surface area (Å²) < 4.78 is 21.2. The van der Waals surface area contributed by atoms with Crippen LogP contribution in [0.2, 0.25) is 0 Å². The SMILES string of the molecule is Cc1ccc2nc(N3CCS(O)(O)c4ccccc4C3)cc(NC(C)C(=O)O)c2c1. The first kappa shape index (κ1) is 20.5. The molecule has 1 aromatic heterocycles. The fourth-order valence-electron chi connectivity index (χ4n) is 3.68. The van der Waals surface area contributed by atoms with Crippen LogP contribution in [0.1, 0.15) is 18.1 Å². The zero-order valence-corrected chi connectivity index (χ0v) is 17.7. The monoisotopic (exact) mass is 427 g/mol. The quantitative estimate of drug-likeness (QED) is 0.484. The van der Waals surface area contributed by atoms with Gasteiger partial charge in [0.15, 0.2) is 0 Å². The number of benzene rings is 2. The molecule has 1 unspecified atom stereocenters. The second-order valence-corrected chi connectivity index (χ2v) is 9.83. The summed E-state index contributed by atoms with van der Waals surface area (Å²) in [5.41, 5.74) is 3.36. The average molecular weight is 428 g/mol. The molecule has 30 heavy (non-hydrogen) atoms. The van der Waals surface area contributed by atoms with Crippen molar-refractivity contribution in [3.63, 3.8) is 0 Å². The molecule has 0 aliphatic carbocycles. The Balaban J connectivity index is 1.79. The Morgan fingerprint density at radius 3 is 2.73 bits per heavy atom. The van der Waals surface area contributed by atoms with Crippen molar-refractivity contribution in [1.82, 2.24) is 4.98 Å². The Morgan fingerprint density at radius 2 is 1.97 bits per heavy atom. The smallest absolute Gasteiger partial charge is 0.325 e. The van der Waals surface area contributed by atoms with Crippen LogP contribution in [0.25, 0.3) is 10.9 Å². The molecule has 7 nitrogen and oxygen atoms in total. The number of fused-ring (bicyclic) bond motifs is 2. The van der Waals surface area contributed by atoms with Gasteiger partial charge in [-0.2, -0.15) is 10.6 Å². The van der Waals surface area contributed by atoms with E-state index < -0.39 is 22.6 Å². The second-order valence-electron chi connectivity index (χ2n) is 7.65. The first-order valence-corrected chi connectivity index (χ1v) is 11.5. The van der Waals surface area contributed by atoms with E-state index in [1.807, 2.05) is 54.3 Å². The van der Waals surface area contributed by atoms with Crippen molar-refractivity contribution in [2.24, 2.45) is 0 Å². The topological polar surface area (TPSA) is 106 Å². The number of rotatable bonds is 4. The van der Waals surface area contributed by atoms with E-state index in [2.05, 4.69) is 5.32 Å². The third-order valence-corrected chi connectivity index (χ3v) is 7.20. The molecule has 1 aliphatic heterocycles. The van der Waals surface area contributed by atoms with Crippen molar-refractivity contribution in [1.29, 1.82) is 0 Å². The van der Waals surface area contributed by atoms with Gasteiger partial charge in [0.25, 0.3) is 0 Å². The fourth-order valence-corrected chi connectivity index (χ4v) is 5.23. The lowest BCUT2D eigenvalue weighted by Gasteiger charge is -2.32. The first-order chi connectivity index (χ1) is 14.2. The van der Waals surface area contributed by atoms with E-state index in [9.17, 15) is 19.0 Å². The second kappa shape index (κ2) is 7.79. The molecule has 1 atom stereocenters. The van der Waals surface area contributed by atoms with Gasteiger partial charge in [0, 0.05) is 30.2 Å². The number of nitrogens with zero attached hydrogens (tertiary/aromatic N) is 2. The van der Waals surface area contributed by atoms with E-state index in [1.54, 1.807) is 13.0 Å². The summed E-state index contributed by atoms with van der Waals surface area (Å²) in [6.45, 7) is 4.50. The maximum absolute atomic E-state index is 11.4. The summed E-state index contributed by atoms with van der Waals surface area (Å²) >= 11 is 0. The van der Waals surface area contributed by atoms with Gasteiger partial charge in [-0.1, -0.05) is 29.8 Å². The Kier molecular flexibility index (Phi) is 5.31. The largest absolute Gasteiger partial charge is 0.480 e. The number of carboxylic acids is 1. The van der Waals surface area contributed by atoms with Crippen LogP contribution in [-0.2, 0) is 11.3 Å². The number of anilines is 2. The molecule has 1 aliphatic rings. The lowest BCUT2D eigenvalue weighted by atomic mass is 10.1. The minimum Gasteiger partial charge on any atom is -0.480 e. The summed E-state index contributed by atoms with van der Waals surface area (Å²) in [7, 11) is -2.87. The van der Waals surface area contributed by atoms with Crippen LogP contribution in [-0.4, -0.2) is 43.5 Å². The maximum Gasteiger partial charge on any atom is 0.325 e. The van der Waals surface area contributed by atoms with Gasteiger partial charge in [-0.25, -0.2) is 4.98 Å². The number of aliphatic carboxylic acids is 1. The summed E-state index contributed by atoms with van der Waals surface area (Å²) in [5, 5.41) is 13.3. The van der Waals surface area contributed by atoms with Crippen LogP contribution in [0.4, 0.5) is 11.5 Å². The van der Waals surface area contributed by atoms with Gasteiger partial charge in [0.2, 0.25) is 0 Å². The molecule has 3 aromatic rings. The lowest BCUT2D eigenvalue weighted by molar-refractivity contribution is -0.137. The first-order valence-electron chi connectivity index (χ1n) is 9.74. The highest BCUT2D eigenvalue weighted by Gasteiger charge is 2.27. The van der Waals surface area contributed by atoms with Gasteiger partial charge in [-0.3, -0.25) is 13.9 Å². The third kappa shape index (κ3) is 3.94. The molecule has 4 N–H and O–H groups in total. The molecule has 8 heteroatoms. The summed E-state index contributed by atoms with van der Waals surface area (Å²) in [6.07, 6.45) is 0. The highest BCUT2D eigenvalue weighted by molar-refractivity contribution is 8.24. The van der Waals surface area contributed by atoms with Gasteiger partial charge in [-0.15, -0.1) is 0 Å². The Labute approximate surface area is 176 Å². The van der Waals surface area contributed by atoms with Crippen molar-refractivity contribution < 1.29 is 19.0 Å². The van der Waals surface area contributed by atoms with Gasteiger partial charge in [-0.05, 0) is 37.6 Å². The Morgan fingerprint density at radius 1 is 1.20 bits per heavy atom. The number of aryl methyl sites for hydroxylation is 1. The highest BCUT2D eigenvalue weighted by atomic mass is 32.3. The molecule has 158 valence electrons. The number of pyridine rings is 1. The van der Waals surface area contributed by atoms with E-state index in [1.165, 1.54) is 0 Å². The number of hydrogen-bond acceptors (Lipinski definition) is 6. The van der Waals surface area contributed by atoms with Crippen molar-refractivity contribution in [2.75, 3.05) is 22.5 Å². The zero-order chi connectivity index (χ0) is 21.5. The molecule has 0 amide bonds. The van der Waals surface area contributed by atoms with Gasteiger partial charge < -0.3 is 15.3 Å². The lowest BCUT2D eigenvalue weighted by Crippen LogP contribution is -2.28. The van der Waals surface area contributed by atoms with E-state index in [4.69, 9.17) is 4.98 Å². The van der Waals surface area contributed by atoms with Gasteiger partial charge >= 0.3 is 5.97 Å². The highest BCUT2D eigenvalue weighted by Crippen LogP contribution is 2.51. The van der Waals surface area contributed by atoms with Crippen LogP contribution >= 0.6 is 10.6 Å². The van der Waals surface area contributed by atoms with Crippen LogP contribution < -0.4 is 10.2 Å². The average Bonchev–Trinajstić information content (AvgIpc) is 2.84. The summed E-state index contributed by atoms with van der Waals surface area (Å²) in [4.78, 5) is 18.8. The normalized spacial score (nSPS) is 17.7. The Bertz CT molecular complexity index is 1120. The standard InChI is InChI=1S/C22H25N3O4S/c1-14-7-8-18-17(11-14)19(23-15(2)22(26)27)12-21(24-18)25-9-10-30(28,29)20-6-4-3-5-16(20)13-25/h3-8,11-12,15,28-29H,9-10,13H2,1-2H3,(H,23,24)(H,26,27). The van der Waals surface area contributed by atoms with Crippen LogP contribution in [0, 0.1) is 6.92 Å². The predicted octanol–water partition coefficient (Wildman–Crippen LogP) is 4.56. The summed E-state index contributed by atoms with van der Waals surface area (Å²) in [5.74, 6) is -0.0588. The third-order valence-electron chi connectivity index (χ3n) is 5.35. The molecule has 0 radical (unpaired) electrons. The van der Waals surface area contributed by atoms with Crippen molar-refractivity contribution in [2.45, 2.75) is 31.3 Å². The predicted molar refractivity (Wildman–Crippen MR) is 121 cm³/mol. The summed E-state index contributed by atoms with van der Waals surface area (Å²) in [6, 6.07) is 14.3. The van der Waals surface area contributed by atoms with Crippen molar-refractivity contribution in [3.05, 3.63) is 59.7 Å². The minimum absolute atomic E-state index is 0.214. The number of aromatic nitrogens is 1. The van der Waals surface area contributed by atoms with Crippen LogP contribution in [0.5, 0.6) is 0 Å². The molecule has 2 heterocycles.